The van der Waals surface area contributed by atoms with Crippen LogP contribution in [-0.4, -0.2) is 24.2 Å². The number of halogens is 2. The van der Waals surface area contributed by atoms with Gasteiger partial charge in [-0.15, -0.1) is 0 Å². The highest BCUT2D eigenvalue weighted by molar-refractivity contribution is 9.10. The Bertz CT molecular complexity index is 628. The Hall–Kier alpha value is -1.33. The predicted octanol–water partition coefficient (Wildman–Crippen LogP) is 4.53. The van der Waals surface area contributed by atoms with E-state index in [9.17, 15) is 0 Å². The molecule has 2 aromatic rings. The van der Waals surface area contributed by atoms with Crippen LogP contribution in [0.3, 0.4) is 0 Å². The van der Waals surface area contributed by atoms with Crippen LogP contribution in [0.1, 0.15) is 19.0 Å². The summed E-state index contributed by atoms with van der Waals surface area (Å²) in [5, 5.41) is 0.408. The van der Waals surface area contributed by atoms with Gasteiger partial charge in [-0.3, -0.25) is 0 Å². The highest BCUT2D eigenvalue weighted by atomic mass is 79.9. The maximum atomic E-state index is 6.19. The minimum absolute atomic E-state index is 0.408. The molecule has 0 unspecified atom stereocenters. The summed E-state index contributed by atoms with van der Waals surface area (Å²) in [5.74, 6) is 1.93. The van der Waals surface area contributed by atoms with Gasteiger partial charge in [-0.05, 0) is 34.5 Å². The van der Waals surface area contributed by atoms with Crippen molar-refractivity contribution in [3.63, 3.8) is 0 Å². The van der Waals surface area contributed by atoms with Crippen molar-refractivity contribution in [3.05, 3.63) is 33.5 Å². The van der Waals surface area contributed by atoms with E-state index in [1.165, 1.54) is 0 Å². The average molecular weight is 372 g/mol. The van der Waals surface area contributed by atoms with Crippen LogP contribution in [0.4, 0.5) is 0 Å². The van der Waals surface area contributed by atoms with E-state index < -0.39 is 0 Å². The monoisotopic (exact) mass is 370 g/mol. The second-order valence-electron chi connectivity index (χ2n) is 4.45. The van der Waals surface area contributed by atoms with Crippen LogP contribution in [0.15, 0.2) is 22.7 Å². The van der Waals surface area contributed by atoms with Gasteiger partial charge in [-0.25, -0.2) is 9.97 Å². The summed E-state index contributed by atoms with van der Waals surface area (Å²) in [7, 11) is 3.22. The van der Waals surface area contributed by atoms with E-state index in [-0.39, 0.29) is 0 Å². The van der Waals surface area contributed by atoms with Gasteiger partial charge in [0.05, 0.1) is 24.4 Å². The van der Waals surface area contributed by atoms with Crippen molar-refractivity contribution in [1.29, 1.82) is 0 Å². The Morgan fingerprint density at radius 2 is 1.71 bits per heavy atom. The third-order valence-corrected chi connectivity index (χ3v) is 4.31. The van der Waals surface area contributed by atoms with Crippen LogP contribution in [-0.2, 0) is 6.42 Å². The number of methoxy groups -OCH3 is 2. The number of aromatic nitrogens is 2. The first-order valence-electron chi connectivity index (χ1n) is 6.54. The molecule has 21 heavy (non-hydrogen) atoms. The van der Waals surface area contributed by atoms with Gasteiger partial charge in [0.25, 0.3) is 0 Å². The van der Waals surface area contributed by atoms with Gasteiger partial charge < -0.3 is 9.47 Å². The largest absolute Gasteiger partial charge is 0.497 e. The molecule has 0 aliphatic heterocycles. The van der Waals surface area contributed by atoms with Gasteiger partial charge in [-0.2, -0.15) is 0 Å². The van der Waals surface area contributed by atoms with Crippen molar-refractivity contribution < 1.29 is 9.47 Å². The fourth-order valence-electron chi connectivity index (χ4n) is 1.93. The molecule has 0 aliphatic carbocycles. The van der Waals surface area contributed by atoms with Crippen molar-refractivity contribution in [2.24, 2.45) is 0 Å². The van der Waals surface area contributed by atoms with Gasteiger partial charge in [-0.1, -0.05) is 24.9 Å². The molecule has 1 aromatic carbocycles. The molecule has 0 bridgehead atoms. The molecule has 6 heteroatoms. The quantitative estimate of drug-likeness (QED) is 0.724. The topological polar surface area (TPSA) is 44.2 Å². The molecule has 4 nitrogen and oxygen atoms in total. The number of hydrogen-bond donors (Lipinski definition) is 0. The van der Waals surface area contributed by atoms with Crippen molar-refractivity contribution in [1.82, 2.24) is 9.97 Å². The van der Waals surface area contributed by atoms with E-state index in [2.05, 4.69) is 32.8 Å². The Labute approximate surface area is 137 Å². The number of hydrogen-bond acceptors (Lipinski definition) is 4. The molecule has 2 rings (SSSR count). The Kier molecular flexibility index (Phi) is 5.42. The summed E-state index contributed by atoms with van der Waals surface area (Å²) in [6.07, 6.45) is 1.81. The lowest BCUT2D eigenvalue weighted by Crippen LogP contribution is -1.99. The normalized spacial score (nSPS) is 10.5. The molecule has 0 aliphatic rings. The molecule has 0 radical (unpaired) electrons. The lowest BCUT2D eigenvalue weighted by molar-refractivity contribution is 0.394. The molecule has 0 saturated heterocycles. The summed E-state index contributed by atoms with van der Waals surface area (Å²) in [4.78, 5) is 8.92. The lowest BCUT2D eigenvalue weighted by Gasteiger charge is -2.10. The first kappa shape index (κ1) is 16.0. The zero-order valence-corrected chi connectivity index (χ0v) is 14.5. The van der Waals surface area contributed by atoms with E-state index in [1.54, 1.807) is 20.3 Å². The number of ether oxygens (including phenoxy) is 2. The number of aryl methyl sites for hydroxylation is 1. The first-order valence-corrected chi connectivity index (χ1v) is 7.71. The smallest absolute Gasteiger partial charge is 0.161 e. The third kappa shape index (κ3) is 3.66. The Morgan fingerprint density at radius 3 is 2.24 bits per heavy atom. The fraction of sp³-hybridized carbons (Fsp3) is 0.333. The van der Waals surface area contributed by atoms with Crippen molar-refractivity contribution >= 4 is 27.5 Å². The van der Waals surface area contributed by atoms with Crippen LogP contribution < -0.4 is 9.47 Å². The second-order valence-corrected chi connectivity index (χ2v) is 5.60. The van der Waals surface area contributed by atoms with Crippen molar-refractivity contribution in [3.8, 4) is 22.9 Å². The molecule has 0 spiro atoms. The number of nitrogens with zero attached hydrogens (tertiary/aromatic N) is 2. The number of rotatable bonds is 5. The van der Waals surface area contributed by atoms with Gasteiger partial charge in [0.1, 0.15) is 16.7 Å². The molecule has 0 atom stereocenters. The third-order valence-electron chi connectivity index (χ3n) is 2.98. The van der Waals surface area contributed by atoms with Crippen molar-refractivity contribution in [2.45, 2.75) is 19.8 Å². The summed E-state index contributed by atoms with van der Waals surface area (Å²) in [5.41, 5.74) is 1.70. The minimum Gasteiger partial charge on any atom is -0.497 e. The summed E-state index contributed by atoms with van der Waals surface area (Å²) >= 11 is 9.63. The molecule has 0 saturated carbocycles. The second kappa shape index (κ2) is 7.09. The zero-order chi connectivity index (χ0) is 15.4. The number of benzene rings is 1. The van der Waals surface area contributed by atoms with E-state index in [0.29, 0.717) is 22.5 Å². The molecular formula is C15H16BrClN2O2. The van der Waals surface area contributed by atoms with Gasteiger partial charge in [0.2, 0.25) is 0 Å². The molecule has 0 amide bonds. The molecule has 0 N–H and O–H groups in total. The summed E-state index contributed by atoms with van der Waals surface area (Å²) in [6.45, 7) is 2.09. The maximum Gasteiger partial charge on any atom is 0.161 e. The molecule has 1 aromatic heterocycles. The highest BCUT2D eigenvalue weighted by Crippen LogP contribution is 2.31. The van der Waals surface area contributed by atoms with Crippen LogP contribution in [0.2, 0.25) is 5.15 Å². The predicted molar refractivity (Wildman–Crippen MR) is 87.3 cm³/mol. The first-order chi connectivity index (χ1) is 10.1. The van der Waals surface area contributed by atoms with E-state index in [4.69, 9.17) is 21.1 Å². The van der Waals surface area contributed by atoms with Gasteiger partial charge >= 0.3 is 0 Å². The van der Waals surface area contributed by atoms with Crippen LogP contribution >= 0.6 is 27.5 Å². The zero-order valence-electron chi connectivity index (χ0n) is 12.1. The molecule has 112 valence electrons. The highest BCUT2D eigenvalue weighted by Gasteiger charge is 2.13. The van der Waals surface area contributed by atoms with Gasteiger partial charge in [0.15, 0.2) is 5.82 Å². The van der Waals surface area contributed by atoms with Crippen LogP contribution in [0.5, 0.6) is 11.5 Å². The van der Waals surface area contributed by atoms with E-state index in [0.717, 1.165) is 28.6 Å². The fourth-order valence-corrected chi connectivity index (χ4v) is 2.50. The molecule has 1 heterocycles. The average Bonchev–Trinajstić information content (AvgIpc) is 2.51. The summed E-state index contributed by atoms with van der Waals surface area (Å²) in [6, 6.07) is 5.52. The van der Waals surface area contributed by atoms with Gasteiger partial charge in [0, 0.05) is 11.6 Å². The Balaban J connectivity index is 2.55. The van der Waals surface area contributed by atoms with Crippen LogP contribution in [0, 0.1) is 0 Å². The standard InChI is InChI=1S/C15H16BrClN2O2/c1-4-5-12-13(16)14(17)19-15(18-12)9-6-10(20-2)8-11(7-9)21-3/h6-8H,4-5H2,1-3H3. The molecular weight excluding hydrogens is 356 g/mol. The van der Waals surface area contributed by atoms with Crippen molar-refractivity contribution in [2.75, 3.05) is 14.2 Å². The molecule has 0 fully saturated rings. The van der Waals surface area contributed by atoms with E-state index in [1.807, 2.05) is 12.1 Å². The van der Waals surface area contributed by atoms with E-state index >= 15 is 0 Å². The lowest BCUT2D eigenvalue weighted by atomic mass is 10.1. The minimum atomic E-state index is 0.408. The maximum absolute atomic E-state index is 6.19. The SMILES string of the molecule is CCCc1nc(-c2cc(OC)cc(OC)c2)nc(Cl)c1Br. The van der Waals surface area contributed by atoms with Crippen LogP contribution in [0.25, 0.3) is 11.4 Å². The summed E-state index contributed by atoms with van der Waals surface area (Å²) < 4.78 is 11.3. The Morgan fingerprint density at radius 1 is 1.10 bits per heavy atom.